The number of ether oxygens (including phenoxy) is 2. The Hall–Kier alpha value is -1.28. The normalized spacial score (nSPS) is 34.6. The Bertz CT molecular complexity index is 717. The van der Waals surface area contributed by atoms with Crippen molar-refractivity contribution in [3.8, 4) is 5.75 Å². The van der Waals surface area contributed by atoms with Crippen molar-refractivity contribution in [1.29, 1.82) is 0 Å². The summed E-state index contributed by atoms with van der Waals surface area (Å²) in [5.41, 5.74) is 8.46. The zero-order valence-electron chi connectivity index (χ0n) is 15.8. The van der Waals surface area contributed by atoms with Crippen LogP contribution in [0.1, 0.15) is 62.6 Å². The van der Waals surface area contributed by atoms with Crippen molar-refractivity contribution in [2.45, 2.75) is 70.8 Å². The highest BCUT2D eigenvalue weighted by atomic mass is 16.5. The molecule has 0 radical (unpaired) electrons. The summed E-state index contributed by atoms with van der Waals surface area (Å²) < 4.78 is 11.3. The van der Waals surface area contributed by atoms with E-state index in [0.29, 0.717) is 11.5 Å². The van der Waals surface area contributed by atoms with Gasteiger partial charge in [-0.3, -0.25) is 0 Å². The molecule has 1 aromatic carbocycles. The van der Waals surface area contributed by atoms with Crippen molar-refractivity contribution < 1.29 is 9.47 Å². The summed E-state index contributed by atoms with van der Waals surface area (Å²) in [6.07, 6.45) is 7.66. The van der Waals surface area contributed by atoms with Crippen LogP contribution in [-0.4, -0.2) is 20.3 Å². The lowest BCUT2D eigenvalue weighted by atomic mass is 9.56. The first-order chi connectivity index (χ1) is 11.4. The van der Waals surface area contributed by atoms with Gasteiger partial charge in [0.1, 0.15) is 5.75 Å². The molecule has 0 bridgehead atoms. The molecule has 0 amide bonds. The number of hydrogen-bond donors (Lipinski definition) is 0. The highest BCUT2D eigenvalue weighted by Gasteiger charge is 2.50. The Labute approximate surface area is 146 Å². The van der Waals surface area contributed by atoms with Crippen LogP contribution in [0.2, 0.25) is 0 Å². The zero-order valence-corrected chi connectivity index (χ0v) is 15.8. The first-order valence-electron chi connectivity index (χ1n) is 9.35. The fraction of sp³-hybridized carbons (Fsp3) is 0.636. The number of hydrogen-bond acceptors (Lipinski definition) is 2. The molecule has 2 nitrogen and oxygen atoms in total. The largest absolute Gasteiger partial charge is 0.496 e. The molecule has 130 valence electrons. The molecule has 2 heteroatoms. The van der Waals surface area contributed by atoms with E-state index in [1.807, 2.05) is 7.11 Å². The summed E-state index contributed by atoms with van der Waals surface area (Å²) in [7, 11) is 3.66. The maximum Gasteiger partial charge on any atom is 0.122 e. The van der Waals surface area contributed by atoms with Gasteiger partial charge in [0.2, 0.25) is 0 Å². The lowest BCUT2D eigenvalue weighted by Gasteiger charge is -2.48. The molecule has 3 atom stereocenters. The molecule has 0 aromatic heterocycles. The van der Waals surface area contributed by atoms with Crippen LogP contribution in [0.5, 0.6) is 5.75 Å². The van der Waals surface area contributed by atoms with Crippen molar-refractivity contribution >= 4 is 0 Å². The minimum Gasteiger partial charge on any atom is -0.496 e. The molecular formula is C22H30O2. The number of fused-ring (bicyclic) bond motifs is 4. The van der Waals surface area contributed by atoms with Crippen LogP contribution in [0.4, 0.5) is 0 Å². The van der Waals surface area contributed by atoms with Gasteiger partial charge in [0, 0.05) is 12.5 Å². The third kappa shape index (κ3) is 2.05. The Morgan fingerprint density at radius 1 is 1.04 bits per heavy atom. The number of rotatable bonds is 2. The highest BCUT2D eigenvalue weighted by Crippen LogP contribution is 2.60. The van der Waals surface area contributed by atoms with Gasteiger partial charge in [-0.15, -0.1) is 0 Å². The Morgan fingerprint density at radius 3 is 2.54 bits per heavy atom. The van der Waals surface area contributed by atoms with Crippen LogP contribution in [0.25, 0.3) is 0 Å². The average Bonchev–Trinajstić information content (AvgIpc) is 2.92. The van der Waals surface area contributed by atoms with E-state index in [-0.39, 0.29) is 5.41 Å². The van der Waals surface area contributed by atoms with E-state index in [9.17, 15) is 0 Å². The molecule has 4 rings (SSSR count). The molecule has 3 aliphatic rings. The third-order valence-corrected chi connectivity index (χ3v) is 7.37. The van der Waals surface area contributed by atoms with Crippen LogP contribution in [0.3, 0.4) is 0 Å². The summed E-state index contributed by atoms with van der Waals surface area (Å²) in [6.45, 7) is 7.18. The van der Waals surface area contributed by atoms with Crippen LogP contribution >= 0.6 is 0 Å². The van der Waals surface area contributed by atoms with Crippen molar-refractivity contribution in [1.82, 2.24) is 0 Å². The van der Waals surface area contributed by atoms with Crippen LogP contribution < -0.4 is 4.74 Å². The molecule has 1 aromatic rings. The molecule has 0 N–H and O–H groups in total. The summed E-state index contributed by atoms with van der Waals surface area (Å²) in [4.78, 5) is 0. The topological polar surface area (TPSA) is 18.5 Å². The fourth-order valence-electron chi connectivity index (χ4n) is 5.86. The molecule has 0 heterocycles. The van der Waals surface area contributed by atoms with Crippen molar-refractivity contribution in [3.05, 3.63) is 40.0 Å². The van der Waals surface area contributed by atoms with Gasteiger partial charge in [-0.1, -0.05) is 31.1 Å². The Kier molecular flexibility index (Phi) is 3.62. The Balaban J connectivity index is 1.86. The monoisotopic (exact) mass is 326 g/mol. The maximum atomic E-state index is 5.75. The standard InChI is InChI=1S/C22H30O2/c1-14-16-6-7-18-19-12-15(23-4)13-21(19,2)10-11-22(18,3)17(16)8-9-20(14)24-5/h8-9,15H,6-7,10-13H2,1-5H3/t15-,21-,22-/m0/s1. The van der Waals surface area contributed by atoms with E-state index in [1.54, 1.807) is 23.8 Å². The first kappa shape index (κ1) is 16.2. The summed E-state index contributed by atoms with van der Waals surface area (Å²) in [5, 5.41) is 0. The summed E-state index contributed by atoms with van der Waals surface area (Å²) in [6, 6.07) is 4.51. The van der Waals surface area contributed by atoms with Gasteiger partial charge in [-0.05, 0) is 73.6 Å². The second kappa shape index (κ2) is 5.36. The van der Waals surface area contributed by atoms with Gasteiger partial charge >= 0.3 is 0 Å². The Morgan fingerprint density at radius 2 is 1.83 bits per heavy atom. The zero-order chi connectivity index (χ0) is 17.1. The molecule has 0 unspecified atom stereocenters. The molecule has 24 heavy (non-hydrogen) atoms. The van der Waals surface area contributed by atoms with Gasteiger partial charge in [-0.25, -0.2) is 0 Å². The average molecular weight is 326 g/mol. The third-order valence-electron chi connectivity index (χ3n) is 7.37. The second-order valence-electron chi connectivity index (χ2n) is 8.53. The van der Waals surface area contributed by atoms with E-state index in [1.165, 1.54) is 36.8 Å². The van der Waals surface area contributed by atoms with Crippen molar-refractivity contribution in [2.75, 3.05) is 14.2 Å². The lowest BCUT2D eigenvalue weighted by Crippen LogP contribution is -2.38. The molecule has 0 saturated heterocycles. The van der Waals surface area contributed by atoms with Crippen LogP contribution in [0, 0.1) is 12.3 Å². The van der Waals surface area contributed by atoms with E-state index in [2.05, 4.69) is 32.9 Å². The van der Waals surface area contributed by atoms with Gasteiger partial charge < -0.3 is 9.47 Å². The summed E-state index contributed by atoms with van der Waals surface area (Å²) >= 11 is 0. The van der Waals surface area contributed by atoms with Gasteiger partial charge in [-0.2, -0.15) is 0 Å². The lowest BCUT2D eigenvalue weighted by molar-refractivity contribution is 0.0947. The summed E-state index contributed by atoms with van der Waals surface area (Å²) in [5.74, 6) is 1.04. The smallest absolute Gasteiger partial charge is 0.122 e. The molecular weight excluding hydrogens is 296 g/mol. The van der Waals surface area contributed by atoms with E-state index < -0.39 is 0 Å². The quantitative estimate of drug-likeness (QED) is 0.703. The minimum absolute atomic E-state index is 0.210. The SMILES string of the molecule is COc1ccc2c(c1C)CCC1=C3C[C@H](OC)C[C@]3(C)CC[C@]12C. The van der Waals surface area contributed by atoms with Crippen molar-refractivity contribution in [3.63, 3.8) is 0 Å². The van der Waals surface area contributed by atoms with Crippen molar-refractivity contribution in [2.24, 2.45) is 5.41 Å². The predicted molar refractivity (Wildman–Crippen MR) is 97.8 cm³/mol. The van der Waals surface area contributed by atoms with Gasteiger partial charge in [0.05, 0.1) is 13.2 Å². The van der Waals surface area contributed by atoms with E-state index >= 15 is 0 Å². The molecule has 1 fully saturated rings. The molecule has 0 aliphatic heterocycles. The molecule has 1 saturated carbocycles. The number of benzene rings is 1. The van der Waals surface area contributed by atoms with Crippen LogP contribution in [0.15, 0.2) is 23.3 Å². The number of allylic oxidation sites excluding steroid dienone is 1. The van der Waals surface area contributed by atoms with E-state index in [4.69, 9.17) is 9.47 Å². The van der Waals surface area contributed by atoms with Gasteiger partial charge in [0.15, 0.2) is 0 Å². The van der Waals surface area contributed by atoms with Gasteiger partial charge in [0.25, 0.3) is 0 Å². The predicted octanol–water partition coefficient (Wildman–Crippen LogP) is 5.11. The fourth-order valence-corrected chi connectivity index (χ4v) is 5.86. The molecule has 0 spiro atoms. The minimum atomic E-state index is 0.210. The first-order valence-corrected chi connectivity index (χ1v) is 9.35. The number of methoxy groups -OCH3 is 2. The van der Waals surface area contributed by atoms with E-state index in [0.717, 1.165) is 18.6 Å². The van der Waals surface area contributed by atoms with Crippen LogP contribution in [-0.2, 0) is 16.6 Å². The second-order valence-corrected chi connectivity index (χ2v) is 8.53. The highest BCUT2D eigenvalue weighted by molar-refractivity contribution is 5.55. The maximum absolute atomic E-state index is 5.75. The molecule has 3 aliphatic carbocycles.